The van der Waals surface area contributed by atoms with Crippen molar-refractivity contribution >= 4 is 5.97 Å². The van der Waals surface area contributed by atoms with Gasteiger partial charge < -0.3 is 14.2 Å². The van der Waals surface area contributed by atoms with Crippen molar-refractivity contribution in [3.8, 4) is 0 Å². The lowest BCUT2D eigenvalue weighted by Gasteiger charge is -2.12. The molecule has 1 saturated heterocycles. The molecule has 0 N–H and O–H groups in total. The number of allylic oxidation sites excluding steroid dienone is 2. The van der Waals surface area contributed by atoms with Gasteiger partial charge in [-0.3, -0.25) is 4.79 Å². The number of carbonyl (C=O) groups is 1. The highest BCUT2D eigenvalue weighted by molar-refractivity contribution is 5.69. The Morgan fingerprint density at radius 2 is 1.53 bits per heavy atom. The Kier molecular flexibility index (Phi) is 14.8. The number of unbranched alkanes of at least 4 members (excludes halogenated alkanes) is 11. The van der Waals surface area contributed by atoms with Crippen LogP contribution >= 0.6 is 0 Å². The first kappa shape index (κ1) is 26.6. The molecule has 0 aromatic heterocycles. The van der Waals surface area contributed by atoms with Crippen LogP contribution in [0.5, 0.6) is 0 Å². The molecule has 1 aromatic rings. The lowest BCUT2D eigenvalue weighted by atomic mass is 10.1. The lowest BCUT2D eigenvalue weighted by Crippen LogP contribution is -2.20. The summed E-state index contributed by atoms with van der Waals surface area (Å²) in [6, 6.07) is 9.84. The van der Waals surface area contributed by atoms with E-state index in [4.69, 9.17) is 14.2 Å². The van der Waals surface area contributed by atoms with Gasteiger partial charge >= 0.3 is 5.97 Å². The molecular formula is C28H44O4. The first-order chi connectivity index (χ1) is 15.8. The predicted molar refractivity (Wildman–Crippen MR) is 130 cm³/mol. The van der Waals surface area contributed by atoms with Gasteiger partial charge in [0.2, 0.25) is 0 Å². The van der Waals surface area contributed by atoms with Gasteiger partial charge in [-0.2, -0.15) is 0 Å². The normalized spacial score (nSPS) is 18.4. The fourth-order valence-corrected chi connectivity index (χ4v) is 3.92. The van der Waals surface area contributed by atoms with E-state index in [0.29, 0.717) is 13.0 Å². The van der Waals surface area contributed by atoms with Gasteiger partial charge in [0, 0.05) is 12.0 Å². The van der Waals surface area contributed by atoms with Gasteiger partial charge in [-0.15, -0.1) is 0 Å². The molecule has 1 aliphatic rings. The standard InChI is InChI=1S/C28H44O4/c1-2-3-4-5-6-7-8-9-10-11-12-13-14-15-19-22-27(29)30-23-26-24-31-28(32-26)25-20-17-16-18-21-25/h9-10,16-18,20-21,26,28H,2-8,11-15,19,22-24H2,1H3/b10-9+/t26-,28-/m0/s1. The molecule has 0 amide bonds. The van der Waals surface area contributed by atoms with E-state index in [2.05, 4.69) is 19.1 Å². The van der Waals surface area contributed by atoms with Crippen molar-refractivity contribution in [1.82, 2.24) is 0 Å². The smallest absolute Gasteiger partial charge is 0.305 e. The first-order valence-electron chi connectivity index (χ1n) is 12.9. The molecule has 1 fully saturated rings. The zero-order chi connectivity index (χ0) is 22.7. The summed E-state index contributed by atoms with van der Waals surface area (Å²) >= 11 is 0. The van der Waals surface area contributed by atoms with Crippen LogP contribution in [0, 0.1) is 0 Å². The summed E-state index contributed by atoms with van der Waals surface area (Å²) in [6.07, 6.45) is 21.0. The summed E-state index contributed by atoms with van der Waals surface area (Å²) in [5, 5.41) is 0. The minimum absolute atomic E-state index is 0.130. The highest BCUT2D eigenvalue weighted by atomic mass is 16.7. The molecule has 1 heterocycles. The molecule has 4 nitrogen and oxygen atoms in total. The van der Waals surface area contributed by atoms with Crippen LogP contribution in [0.1, 0.15) is 109 Å². The van der Waals surface area contributed by atoms with Crippen LogP contribution in [-0.2, 0) is 19.0 Å². The third-order valence-corrected chi connectivity index (χ3v) is 5.89. The quantitative estimate of drug-likeness (QED) is 0.132. The maximum absolute atomic E-state index is 12.0. The van der Waals surface area contributed by atoms with E-state index in [1.165, 1.54) is 70.6 Å². The highest BCUT2D eigenvalue weighted by Crippen LogP contribution is 2.26. The zero-order valence-electron chi connectivity index (χ0n) is 20.1. The average Bonchev–Trinajstić information content (AvgIpc) is 3.30. The number of benzene rings is 1. The fraction of sp³-hybridized carbons (Fsp3) is 0.679. The van der Waals surface area contributed by atoms with Crippen molar-refractivity contribution in [1.29, 1.82) is 0 Å². The molecule has 4 heteroatoms. The molecule has 0 aliphatic carbocycles. The molecule has 1 aliphatic heterocycles. The van der Waals surface area contributed by atoms with Crippen LogP contribution in [0.3, 0.4) is 0 Å². The summed E-state index contributed by atoms with van der Waals surface area (Å²) in [5.74, 6) is -0.130. The molecule has 0 saturated carbocycles. The van der Waals surface area contributed by atoms with E-state index in [1.54, 1.807) is 0 Å². The van der Waals surface area contributed by atoms with E-state index in [9.17, 15) is 4.79 Å². The van der Waals surface area contributed by atoms with Gasteiger partial charge in [-0.1, -0.05) is 101 Å². The van der Waals surface area contributed by atoms with Gasteiger partial charge in [0.05, 0.1) is 6.61 Å². The van der Waals surface area contributed by atoms with Crippen LogP contribution < -0.4 is 0 Å². The molecular weight excluding hydrogens is 400 g/mol. The van der Waals surface area contributed by atoms with E-state index >= 15 is 0 Å². The Hall–Kier alpha value is -1.65. The summed E-state index contributed by atoms with van der Waals surface area (Å²) < 4.78 is 16.9. The second kappa shape index (κ2) is 17.9. The Morgan fingerprint density at radius 1 is 0.906 bits per heavy atom. The molecule has 0 bridgehead atoms. The zero-order valence-corrected chi connectivity index (χ0v) is 20.1. The van der Waals surface area contributed by atoms with Crippen LogP contribution in [0.4, 0.5) is 0 Å². The van der Waals surface area contributed by atoms with Crippen molar-refractivity contribution in [2.75, 3.05) is 13.2 Å². The summed E-state index contributed by atoms with van der Waals surface area (Å²) in [4.78, 5) is 12.0. The van der Waals surface area contributed by atoms with Gasteiger partial charge in [-0.25, -0.2) is 0 Å². The summed E-state index contributed by atoms with van der Waals surface area (Å²) in [6.45, 7) is 3.00. The maximum atomic E-state index is 12.0. The largest absolute Gasteiger partial charge is 0.463 e. The number of carbonyl (C=O) groups excluding carboxylic acids is 1. The van der Waals surface area contributed by atoms with Crippen molar-refractivity contribution in [2.24, 2.45) is 0 Å². The van der Waals surface area contributed by atoms with Gasteiger partial charge in [0.1, 0.15) is 12.7 Å². The summed E-state index contributed by atoms with van der Waals surface area (Å²) in [5.41, 5.74) is 0.995. The third-order valence-electron chi connectivity index (χ3n) is 5.89. The first-order valence-corrected chi connectivity index (χ1v) is 12.9. The topological polar surface area (TPSA) is 44.8 Å². The highest BCUT2D eigenvalue weighted by Gasteiger charge is 2.28. The van der Waals surface area contributed by atoms with Crippen molar-refractivity contribution in [2.45, 2.75) is 109 Å². The average molecular weight is 445 g/mol. The number of ether oxygens (including phenoxy) is 3. The Bertz CT molecular complexity index is 613. The molecule has 0 unspecified atom stereocenters. The SMILES string of the molecule is CCCCCCCC/C=C/CCCCCCCC(=O)OC[C@H]1CO[C@H](c2ccccc2)O1. The fourth-order valence-electron chi connectivity index (χ4n) is 3.92. The van der Waals surface area contributed by atoms with Crippen LogP contribution in [-0.4, -0.2) is 25.3 Å². The Labute approximate surface area is 195 Å². The van der Waals surface area contributed by atoms with Gasteiger partial charge in [0.25, 0.3) is 0 Å². The second-order valence-electron chi connectivity index (χ2n) is 8.85. The maximum Gasteiger partial charge on any atom is 0.305 e. The molecule has 1 aromatic carbocycles. The monoisotopic (exact) mass is 444 g/mol. The predicted octanol–water partition coefficient (Wildman–Crippen LogP) is 7.68. The number of esters is 1. The van der Waals surface area contributed by atoms with E-state index in [1.807, 2.05) is 30.3 Å². The summed E-state index contributed by atoms with van der Waals surface area (Å²) in [7, 11) is 0. The third kappa shape index (κ3) is 12.4. The number of hydrogen-bond donors (Lipinski definition) is 0. The van der Waals surface area contributed by atoms with Gasteiger partial charge in [-0.05, 0) is 32.1 Å². The van der Waals surface area contributed by atoms with Crippen molar-refractivity contribution in [3.05, 3.63) is 48.0 Å². The number of hydrogen-bond acceptors (Lipinski definition) is 4. The van der Waals surface area contributed by atoms with Gasteiger partial charge in [0.15, 0.2) is 6.29 Å². The Balaban J connectivity index is 1.36. The van der Waals surface area contributed by atoms with Crippen LogP contribution in [0.25, 0.3) is 0 Å². The molecule has 0 spiro atoms. The second-order valence-corrected chi connectivity index (χ2v) is 8.85. The lowest BCUT2D eigenvalue weighted by molar-refractivity contribution is -0.148. The Morgan fingerprint density at radius 3 is 2.22 bits per heavy atom. The molecule has 32 heavy (non-hydrogen) atoms. The van der Waals surface area contributed by atoms with Crippen molar-refractivity contribution < 1.29 is 19.0 Å². The van der Waals surface area contributed by atoms with Crippen molar-refractivity contribution in [3.63, 3.8) is 0 Å². The molecule has 2 rings (SSSR count). The number of rotatable bonds is 18. The minimum atomic E-state index is -0.356. The molecule has 0 radical (unpaired) electrons. The van der Waals surface area contributed by atoms with E-state index < -0.39 is 0 Å². The van der Waals surface area contributed by atoms with E-state index in [-0.39, 0.29) is 25.0 Å². The minimum Gasteiger partial charge on any atom is -0.463 e. The molecule has 180 valence electrons. The van der Waals surface area contributed by atoms with E-state index in [0.717, 1.165) is 18.4 Å². The molecule has 2 atom stereocenters. The van der Waals surface area contributed by atoms with Crippen LogP contribution in [0.2, 0.25) is 0 Å². The van der Waals surface area contributed by atoms with Crippen LogP contribution in [0.15, 0.2) is 42.5 Å².